The number of rotatable bonds is 7. The minimum atomic E-state index is -2.10. The van der Waals surface area contributed by atoms with Crippen molar-refractivity contribution < 1.29 is 28.3 Å². The summed E-state index contributed by atoms with van der Waals surface area (Å²) in [6.45, 7) is 12.7. The molecule has 3 atom stereocenters. The fourth-order valence-electron chi connectivity index (χ4n) is 4.06. The molecule has 0 aliphatic carbocycles. The van der Waals surface area contributed by atoms with Crippen LogP contribution in [0, 0.1) is 5.92 Å². The lowest BCUT2D eigenvalue weighted by atomic mass is 9.80. The van der Waals surface area contributed by atoms with E-state index < -0.39 is 20.2 Å². The van der Waals surface area contributed by atoms with Gasteiger partial charge in [0, 0.05) is 12.8 Å². The fraction of sp³-hybridized carbons (Fsp3) is 0.560. The van der Waals surface area contributed by atoms with Gasteiger partial charge < -0.3 is 18.8 Å². The van der Waals surface area contributed by atoms with Crippen LogP contribution in [-0.2, 0) is 30.2 Å². The Bertz CT molecular complexity index is 947. The molecule has 33 heavy (non-hydrogen) atoms. The van der Waals surface area contributed by atoms with Crippen LogP contribution in [0.1, 0.15) is 46.1 Å². The minimum absolute atomic E-state index is 0.0000177. The van der Waals surface area contributed by atoms with Crippen LogP contribution in [0.2, 0.25) is 18.1 Å². The Kier molecular flexibility index (Phi) is 7.19. The van der Waals surface area contributed by atoms with Crippen LogP contribution in [0.5, 0.6) is 5.75 Å². The molecule has 2 aliphatic rings. The van der Waals surface area contributed by atoms with E-state index in [-0.39, 0.29) is 54.0 Å². The number of carbonyl (C=O) groups is 3. The number of Topliss-reactive ketones (excluding diaryl/α,β-unsaturated/α-hetero) is 1. The second kappa shape index (κ2) is 9.42. The van der Waals surface area contributed by atoms with Crippen molar-refractivity contribution in [2.24, 2.45) is 5.92 Å². The van der Waals surface area contributed by atoms with Crippen molar-refractivity contribution in [1.29, 1.82) is 0 Å². The minimum Gasteiger partial charge on any atom is -0.497 e. The Morgan fingerprint density at radius 2 is 1.82 bits per heavy atom. The second-order valence-corrected chi connectivity index (χ2v) is 15.1. The zero-order valence-electron chi connectivity index (χ0n) is 20.6. The topological polar surface area (TPSA) is 82.1 Å². The Morgan fingerprint density at radius 3 is 2.39 bits per heavy atom. The van der Waals surface area contributed by atoms with Gasteiger partial charge in [-0.2, -0.15) is 0 Å². The van der Waals surface area contributed by atoms with E-state index in [1.54, 1.807) is 19.2 Å². The van der Waals surface area contributed by atoms with Crippen LogP contribution in [0.4, 0.5) is 0 Å². The summed E-state index contributed by atoms with van der Waals surface area (Å²) in [5.74, 6) is -0.521. The fourth-order valence-corrected chi connectivity index (χ4v) is 5.49. The van der Waals surface area contributed by atoms with Gasteiger partial charge in [0.2, 0.25) is 5.91 Å². The Morgan fingerprint density at radius 1 is 1.18 bits per heavy atom. The largest absolute Gasteiger partial charge is 0.497 e. The molecule has 0 bridgehead atoms. The van der Waals surface area contributed by atoms with E-state index in [9.17, 15) is 14.4 Å². The van der Waals surface area contributed by atoms with Crippen molar-refractivity contribution in [2.45, 2.75) is 77.4 Å². The molecule has 7 nitrogen and oxygen atoms in total. The van der Waals surface area contributed by atoms with E-state index >= 15 is 0 Å². The quantitative estimate of drug-likeness (QED) is 0.335. The average Bonchev–Trinajstić information content (AvgIpc) is 2.87. The van der Waals surface area contributed by atoms with Crippen LogP contribution in [-0.4, -0.2) is 50.1 Å². The molecule has 0 spiro atoms. The number of allylic oxidation sites excluding steroid dienone is 1. The van der Waals surface area contributed by atoms with Gasteiger partial charge in [-0.25, -0.2) is 4.79 Å². The van der Waals surface area contributed by atoms with Gasteiger partial charge in [-0.3, -0.25) is 9.59 Å². The van der Waals surface area contributed by atoms with Crippen LogP contribution < -0.4 is 4.74 Å². The predicted molar refractivity (Wildman–Crippen MR) is 127 cm³/mol. The smallest absolute Gasteiger partial charge is 0.355 e. The zero-order chi connectivity index (χ0) is 24.6. The molecule has 0 radical (unpaired) electrons. The van der Waals surface area contributed by atoms with Crippen molar-refractivity contribution >= 4 is 26.0 Å². The highest BCUT2D eigenvalue weighted by Crippen LogP contribution is 2.43. The molecule has 1 aromatic rings. The third-order valence-corrected chi connectivity index (χ3v) is 11.6. The first-order valence-electron chi connectivity index (χ1n) is 11.4. The lowest BCUT2D eigenvalue weighted by Crippen LogP contribution is -2.65. The van der Waals surface area contributed by atoms with Gasteiger partial charge in [0.25, 0.3) is 0 Å². The van der Waals surface area contributed by atoms with Crippen LogP contribution in [0.15, 0.2) is 36.0 Å². The molecule has 1 amide bonds. The summed E-state index contributed by atoms with van der Waals surface area (Å²) in [5.41, 5.74) is 0.954. The number of esters is 1. The number of benzene rings is 1. The summed E-state index contributed by atoms with van der Waals surface area (Å²) in [7, 11) is -0.511. The Labute approximate surface area is 197 Å². The normalized spacial score (nSPS) is 22.0. The molecule has 2 heterocycles. The molecule has 0 unspecified atom stereocenters. The van der Waals surface area contributed by atoms with E-state index in [2.05, 4.69) is 33.9 Å². The van der Waals surface area contributed by atoms with E-state index in [1.807, 2.05) is 19.1 Å². The van der Waals surface area contributed by atoms with Crippen molar-refractivity contribution in [3.05, 3.63) is 41.6 Å². The summed E-state index contributed by atoms with van der Waals surface area (Å²) in [5, 5.41) is 0.00331. The number of hydrogen-bond acceptors (Lipinski definition) is 6. The van der Waals surface area contributed by atoms with Gasteiger partial charge >= 0.3 is 5.97 Å². The maximum Gasteiger partial charge on any atom is 0.355 e. The molecule has 1 aromatic carbocycles. The summed E-state index contributed by atoms with van der Waals surface area (Å²) in [4.78, 5) is 39.9. The molecule has 0 N–H and O–H groups in total. The summed E-state index contributed by atoms with van der Waals surface area (Å²) in [6.07, 6.45) is 1.51. The average molecular weight is 474 g/mol. The van der Waals surface area contributed by atoms with Crippen molar-refractivity contribution in [2.75, 3.05) is 7.11 Å². The molecular formula is C25H35NO6Si. The highest BCUT2D eigenvalue weighted by molar-refractivity contribution is 6.74. The van der Waals surface area contributed by atoms with E-state index in [0.29, 0.717) is 5.75 Å². The number of ether oxygens (including phenoxy) is 2. The van der Waals surface area contributed by atoms with Crippen LogP contribution in [0.3, 0.4) is 0 Å². The highest BCUT2D eigenvalue weighted by Gasteiger charge is 2.55. The number of β-lactam (4-membered cyclic amide) rings is 1. The first kappa shape index (κ1) is 25.2. The van der Waals surface area contributed by atoms with Gasteiger partial charge in [0.15, 0.2) is 8.32 Å². The molecule has 0 aromatic heterocycles. The molecule has 1 saturated heterocycles. The van der Waals surface area contributed by atoms with Gasteiger partial charge in [-0.05, 0) is 48.8 Å². The van der Waals surface area contributed by atoms with E-state index in [4.69, 9.17) is 13.9 Å². The Balaban J connectivity index is 1.71. The number of ketones is 1. The Hall–Kier alpha value is -2.45. The lowest BCUT2D eigenvalue weighted by molar-refractivity contribution is -0.165. The van der Waals surface area contributed by atoms with Crippen LogP contribution >= 0.6 is 0 Å². The molecule has 1 fully saturated rings. The first-order chi connectivity index (χ1) is 15.4. The van der Waals surface area contributed by atoms with Gasteiger partial charge in [-0.1, -0.05) is 32.9 Å². The lowest BCUT2D eigenvalue weighted by Gasteiger charge is -2.50. The summed E-state index contributed by atoms with van der Waals surface area (Å²) >= 11 is 0. The predicted octanol–water partition coefficient (Wildman–Crippen LogP) is 4.22. The van der Waals surface area contributed by atoms with Gasteiger partial charge in [-0.15, -0.1) is 0 Å². The van der Waals surface area contributed by atoms with Gasteiger partial charge in [0.05, 0.1) is 25.2 Å². The summed E-state index contributed by atoms with van der Waals surface area (Å²) in [6, 6.07) is 6.81. The van der Waals surface area contributed by atoms with Crippen molar-refractivity contribution in [3.8, 4) is 5.75 Å². The monoisotopic (exact) mass is 473 g/mol. The zero-order valence-corrected chi connectivity index (χ0v) is 21.6. The van der Waals surface area contributed by atoms with E-state index in [1.165, 1.54) is 11.0 Å². The molecule has 8 heteroatoms. The maximum atomic E-state index is 13.2. The third-order valence-electron chi connectivity index (χ3n) is 7.02. The highest BCUT2D eigenvalue weighted by atomic mass is 28.4. The molecule has 180 valence electrons. The summed E-state index contributed by atoms with van der Waals surface area (Å²) < 4.78 is 17.1. The standard InChI is InChI=1S/C25H35NO6Si/c1-16(32-33(6,7)25(2,3)4)22-21-14-18(27)10-13-20(26(21)23(22)28)24(29)31-15-17-8-11-19(30-5)12-9-17/h8-9,11-13,16,21-22H,10,14-15H2,1-7H3/t16-,21-,22-/m1/s1. The van der Waals surface area contributed by atoms with Crippen LogP contribution in [0.25, 0.3) is 0 Å². The molecular weight excluding hydrogens is 438 g/mol. The number of methoxy groups -OCH3 is 1. The number of nitrogens with zero attached hydrogens (tertiary/aromatic N) is 1. The molecule has 0 saturated carbocycles. The van der Waals surface area contributed by atoms with Crippen molar-refractivity contribution in [3.63, 3.8) is 0 Å². The SMILES string of the molecule is COc1ccc(COC(=O)C2=CCC(=O)C[C@@H]3[C@@H]([C@@H](C)O[Si](C)(C)C(C)(C)C)C(=O)N23)cc1. The number of hydrogen-bond donors (Lipinski definition) is 0. The number of carbonyl (C=O) groups excluding carboxylic acids is 3. The third kappa shape index (κ3) is 5.22. The first-order valence-corrected chi connectivity index (χ1v) is 14.3. The van der Waals surface area contributed by atoms with E-state index in [0.717, 1.165) is 5.56 Å². The number of amides is 1. The second-order valence-electron chi connectivity index (χ2n) is 10.3. The molecule has 3 rings (SSSR count). The maximum absolute atomic E-state index is 13.2. The molecule has 2 aliphatic heterocycles. The van der Waals surface area contributed by atoms with Crippen molar-refractivity contribution in [1.82, 2.24) is 4.90 Å². The van der Waals surface area contributed by atoms with Gasteiger partial charge in [0.1, 0.15) is 23.8 Å². The number of fused-ring (bicyclic) bond motifs is 1.